The molecule has 0 fully saturated rings. The van der Waals surface area contributed by atoms with Crippen molar-refractivity contribution in [3.05, 3.63) is 29.3 Å². The molecule has 0 saturated carbocycles. The maximum absolute atomic E-state index is 10.7. The van der Waals surface area contributed by atoms with Gasteiger partial charge in [0.1, 0.15) is 0 Å². The van der Waals surface area contributed by atoms with Crippen LogP contribution in [0.25, 0.3) is 0 Å². The summed E-state index contributed by atoms with van der Waals surface area (Å²) in [6.07, 6.45) is 0. The second kappa shape index (κ2) is 2.97. The highest BCUT2D eigenvalue weighted by Crippen LogP contribution is 2.21. The maximum Gasteiger partial charge on any atom is 0.186 e. The summed E-state index contributed by atoms with van der Waals surface area (Å²) in [6, 6.07) is 5.22. The molecule has 12 heavy (non-hydrogen) atoms. The highest BCUT2D eigenvalue weighted by Gasteiger charge is 2.12. The zero-order valence-corrected chi connectivity index (χ0v) is 7.13. The Labute approximate surface area is 72.6 Å². The Morgan fingerprint density at radius 1 is 1.33 bits per heavy atom. The smallest absolute Gasteiger partial charge is 0.186 e. The van der Waals surface area contributed by atoms with Crippen molar-refractivity contribution in [2.45, 2.75) is 18.1 Å². The van der Waals surface area contributed by atoms with Crippen molar-refractivity contribution in [2.24, 2.45) is 0 Å². The topological polar surface area (TPSA) is 46.5 Å². The van der Waals surface area contributed by atoms with Crippen LogP contribution in [0.4, 0.5) is 0 Å². The van der Waals surface area contributed by atoms with Crippen LogP contribution in [0.15, 0.2) is 23.1 Å². The van der Waals surface area contributed by atoms with Crippen LogP contribution in [0, 0.1) is 0 Å². The molecule has 0 amide bonds. The van der Waals surface area contributed by atoms with Gasteiger partial charge in [-0.3, -0.25) is 0 Å². The molecule has 0 spiro atoms. The van der Waals surface area contributed by atoms with Crippen LogP contribution in [0.3, 0.4) is 0 Å². The van der Waals surface area contributed by atoms with Crippen LogP contribution in [0.1, 0.15) is 11.1 Å². The van der Waals surface area contributed by atoms with Gasteiger partial charge in [0.05, 0.1) is 18.1 Å². The molecule has 64 valence electrons. The molecule has 0 bridgehead atoms. The summed E-state index contributed by atoms with van der Waals surface area (Å²) in [5.74, 6) is 0. The molecule has 4 heteroatoms. The SMILES string of the molecule is O=S(O)c1ccc2c(c1)COC2. The van der Waals surface area contributed by atoms with Gasteiger partial charge in [-0.05, 0) is 23.3 Å². The second-order valence-electron chi connectivity index (χ2n) is 2.67. The Hall–Kier alpha value is -0.710. The predicted molar refractivity (Wildman–Crippen MR) is 44.0 cm³/mol. The number of hydrogen-bond donors (Lipinski definition) is 1. The van der Waals surface area contributed by atoms with E-state index in [-0.39, 0.29) is 0 Å². The molecular weight excluding hydrogens is 176 g/mol. The number of rotatable bonds is 1. The number of benzene rings is 1. The van der Waals surface area contributed by atoms with Gasteiger partial charge in [0.2, 0.25) is 0 Å². The van der Waals surface area contributed by atoms with Gasteiger partial charge in [0.15, 0.2) is 11.1 Å². The molecule has 1 N–H and O–H groups in total. The molecular formula is C8H8O3S. The zero-order valence-electron chi connectivity index (χ0n) is 6.32. The standard InChI is InChI=1S/C8H8O3S/c9-12(10)8-2-1-6-4-11-5-7(6)3-8/h1-3H,4-5H2,(H,9,10). The van der Waals surface area contributed by atoms with Gasteiger partial charge in [0, 0.05) is 0 Å². The third-order valence-electron chi connectivity index (χ3n) is 1.89. The first kappa shape index (κ1) is 7.91. The van der Waals surface area contributed by atoms with Gasteiger partial charge < -0.3 is 9.29 Å². The fourth-order valence-corrected chi connectivity index (χ4v) is 1.68. The van der Waals surface area contributed by atoms with Crippen molar-refractivity contribution >= 4 is 11.1 Å². The van der Waals surface area contributed by atoms with E-state index < -0.39 is 11.1 Å². The molecule has 0 saturated heterocycles. The minimum absolute atomic E-state index is 0.444. The van der Waals surface area contributed by atoms with Crippen LogP contribution in [0.2, 0.25) is 0 Å². The van der Waals surface area contributed by atoms with Crippen LogP contribution in [-0.4, -0.2) is 8.76 Å². The van der Waals surface area contributed by atoms with E-state index in [1.807, 2.05) is 6.07 Å². The Bertz CT molecular complexity index is 335. The lowest BCUT2D eigenvalue weighted by Crippen LogP contribution is -1.90. The summed E-state index contributed by atoms with van der Waals surface area (Å²) < 4.78 is 24.6. The van der Waals surface area contributed by atoms with Crippen molar-refractivity contribution in [3.8, 4) is 0 Å². The largest absolute Gasteiger partial charge is 0.372 e. The summed E-state index contributed by atoms with van der Waals surface area (Å²) in [6.45, 7) is 1.17. The van der Waals surface area contributed by atoms with Crippen molar-refractivity contribution in [1.29, 1.82) is 0 Å². The van der Waals surface area contributed by atoms with E-state index in [9.17, 15) is 4.21 Å². The minimum atomic E-state index is -1.88. The van der Waals surface area contributed by atoms with Gasteiger partial charge in [0.25, 0.3) is 0 Å². The summed E-state index contributed by atoms with van der Waals surface area (Å²) in [7, 11) is 0. The Morgan fingerprint density at radius 3 is 2.83 bits per heavy atom. The van der Waals surface area contributed by atoms with Gasteiger partial charge in [-0.15, -0.1) is 0 Å². The van der Waals surface area contributed by atoms with Crippen LogP contribution in [0.5, 0.6) is 0 Å². The summed E-state index contributed by atoms with van der Waals surface area (Å²) in [5, 5.41) is 0. The number of fused-ring (bicyclic) bond motifs is 1. The third-order valence-corrected chi connectivity index (χ3v) is 2.55. The first-order valence-corrected chi connectivity index (χ1v) is 4.68. The Balaban J connectivity index is 2.45. The lowest BCUT2D eigenvalue weighted by atomic mass is 10.1. The maximum atomic E-state index is 10.7. The lowest BCUT2D eigenvalue weighted by Gasteiger charge is -1.98. The van der Waals surface area contributed by atoms with Gasteiger partial charge in [-0.25, -0.2) is 4.21 Å². The summed E-state index contributed by atoms with van der Waals surface area (Å²) in [4.78, 5) is 0.444. The van der Waals surface area contributed by atoms with Crippen LogP contribution in [-0.2, 0) is 29.0 Å². The first-order valence-electron chi connectivity index (χ1n) is 3.58. The van der Waals surface area contributed by atoms with E-state index in [4.69, 9.17) is 9.29 Å². The quantitative estimate of drug-likeness (QED) is 0.669. The summed E-state index contributed by atoms with van der Waals surface area (Å²) in [5.41, 5.74) is 2.14. The van der Waals surface area contributed by atoms with Crippen LogP contribution < -0.4 is 0 Å². The van der Waals surface area contributed by atoms with E-state index >= 15 is 0 Å². The second-order valence-corrected chi connectivity index (χ2v) is 3.64. The molecule has 1 aromatic carbocycles. The van der Waals surface area contributed by atoms with Crippen LogP contribution >= 0.6 is 0 Å². The lowest BCUT2D eigenvalue weighted by molar-refractivity contribution is 0.134. The molecule has 1 aromatic rings. The molecule has 1 aliphatic rings. The van der Waals surface area contributed by atoms with Gasteiger partial charge in [-0.2, -0.15) is 0 Å². The highest BCUT2D eigenvalue weighted by atomic mass is 32.2. The Morgan fingerprint density at radius 2 is 2.08 bits per heavy atom. The van der Waals surface area contributed by atoms with E-state index in [0.717, 1.165) is 11.1 Å². The van der Waals surface area contributed by atoms with Gasteiger partial charge >= 0.3 is 0 Å². The fourth-order valence-electron chi connectivity index (χ4n) is 1.26. The number of ether oxygens (including phenoxy) is 1. The first-order chi connectivity index (χ1) is 5.77. The van der Waals surface area contributed by atoms with Crippen molar-refractivity contribution in [2.75, 3.05) is 0 Å². The van der Waals surface area contributed by atoms with Crippen molar-refractivity contribution in [3.63, 3.8) is 0 Å². The molecule has 0 aliphatic carbocycles. The molecule has 0 radical (unpaired) electrons. The third kappa shape index (κ3) is 1.29. The molecule has 1 heterocycles. The molecule has 1 atom stereocenters. The van der Waals surface area contributed by atoms with E-state index in [1.54, 1.807) is 12.1 Å². The molecule has 3 nitrogen and oxygen atoms in total. The van der Waals surface area contributed by atoms with E-state index in [2.05, 4.69) is 0 Å². The summed E-state index contributed by atoms with van der Waals surface area (Å²) >= 11 is -1.88. The molecule has 1 aliphatic heterocycles. The number of hydrogen-bond acceptors (Lipinski definition) is 2. The average Bonchev–Trinajstić information content (AvgIpc) is 2.49. The van der Waals surface area contributed by atoms with E-state index in [1.165, 1.54) is 0 Å². The minimum Gasteiger partial charge on any atom is -0.372 e. The molecule has 0 aromatic heterocycles. The molecule has 2 rings (SSSR count). The zero-order chi connectivity index (χ0) is 8.55. The van der Waals surface area contributed by atoms with Gasteiger partial charge in [-0.1, -0.05) is 6.07 Å². The monoisotopic (exact) mass is 184 g/mol. The highest BCUT2D eigenvalue weighted by molar-refractivity contribution is 7.79. The molecule has 1 unspecified atom stereocenters. The fraction of sp³-hybridized carbons (Fsp3) is 0.250. The predicted octanol–water partition coefficient (Wildman–Crippen LogP) is 1.30. The van der Waals surface area contributed by atoms with Crippen molar-refractivity contribution in [1.82, 2.24) is 0 Å². The van der Waals surface area contributed by atoms with E-state index in [0.29, 0.717) is 18.1 Å². The van der Waals surface area contributed by atoms with Crippen molar-refractivity contribution < 1.29 is 13.5 Å². The Kier molecular flexibility index (Phi) is 1.96. The normalized spacial score (nSPS) is 17.4. The average molecular weight is 184 g/mol.